The number of ether oxygens (including phenoxy) is 2. The van der Waals surface area contributed by atoms with E-state index in [1.54, 1.807) is 6.07 Å². The zero-order valence-corrected chi connectivity index (χ0v) is 15.6. The first-order valence-corrected chi connectivity index (χ1v) is 9.23. The van der Waals surface area contributed by atoms with Crippen molar-refractivity contribution >= 4 is 11.0 Å². The summed E-state index contributed by atoms with van der Waals surface area (Å²) in [4.78, 5) is 11.9. The van der Waals surface area contributed by atoms with Crippen LogP contribution in [0.4, 0.5) is 0 Å². The highest BCUT2D eigenvalue weighted by molar-refractivity contribution is 5.81. The molecule has 140 valence electrons. The molecule has 0 saturated carbocycles. The average molecular weight is 365 g/mol. The standard InChI is InChI=1S/C22H23NO4/c1-14-9-18-17(12-22(24)27-20(18)10-15(14)2)13-23-6-5-16-3-4-19-21(11-16)26-8-7-25-19/h3-4,9-12,23H,5-8,13H2,1-2H3. The van der Waals surface area contributed by atoms with Gasteiger partial charge in [-0.15, -0.1) is 0 Å². The maximum absolute atomic E-state index is 11.9. The van der Waals surface area contributed by atoms with Gasteiger partial charge >= 0.3 is 5.63 Å². The fourth-order valence-corrected chi connectivity index (χ4v) is 3.33. The van der Waals surface area contributed by atoms with Crippen LogP contribution in [0.25, 0.3) is 11.0 Å². The molecule has 0 unspecified atom stereocenters. The Hall–Kier alpha value is -2.79. The lowest BCUT2D eigenvalue weighted by molar-refractivity contribution is 0.171. The predicted molar refractivity (Wildman–Crippen MR) is 105 cm³/mol. The van der Waals surface area contributed by atoms with Crippen molar-refractivity contribution in [2.24, 2.45) is 0 Å². The van der Waals surface area contributed by atoms with Gasteiger partial charge in [-0.2, -0.15) is 0 Å². The first-order chi connectivity index (χ1) is 13.1. The van der Waals surface area contributed by atoms with Crippen LogP contribution >= 0.6 is 0 Å². The van der Waals surface area contributed by atoms with Gasteiger partial charge in [-0.05, 0) is 73.3 Å². The van der Waals surface area contributed by atoms with E-state index in [-0.39, 0.29) is 5.63 Å². The Morgan fingerprint density at radius 2 is 1.74 bits per heavy atom. The summed E-state index contributed by atoms with van der Waals surface area (Å²) < 4.78 is 16.5. The molecule has 0 bridgehead atoms. The van der Waals surface area contributed by atoms with E-state index in [4.69, 9.17) is 13.9 Å². The predicted octanol–water partition coefficient (Wildman–Crippen LogP) is 3.51. The molecule has 5 nitrogen and oxygen atoms in total. The number of benzene rings is 2. The van der Waals surface area contributed by atoms with Crippen molar-refractivity contribution in [2.45, 2.75) is 26.8 Å². The van der Waals surface area contributed by atoms with Crippen LogP contribution in [-0.4, -0.2) is 19.8 Å². The van der Waals surface area contributed by atoms with Crippen LogP contribution in [0.1, 0.15) is 22.3 Å². The second-order valence-electron chi connectivity index (χ2n) is 6.93. The van der Waals surface area contributed by atoms with Crippen LogP contribution < -0.4 is 20.4 Å². The van der Waals surface area contributed by atoms with Gasteiger partial charge in [0.15, 0.2) is 11.5 Å². The molecule has 0 aliphatic carbocycles. The molecule has 1 aliphatic heterocycles. The van der Waals surface area contributed by atoms with Gasteiger partial charge in [0.2, 0.25) is 0 Å². The molecule has 0 fully saturated rings. The zero-order chi connectivity index (χ0) is 18.8. The molecule has 0 saturated heterocycles. The van der Waals surface area contributed by atoms with Crippen LogP contribution in [-0.2, 0) is 13.0 Å². The van der Waals surface area contributed by atoms with E-state index in [9.17, 15) is 4.79 Å². The molecule has 0 spiro atoms. The van der Waals surface area contributed by atoms with E-state index in [2.05, 4.69) is 24.4 Å². The second kappa shape index (κ2) is 7.45. The summed E-state index contributed by atoms with van der Waals surface area (Å²) in [5.74, 6) is 1.63. The summed E-state index contributed by atoms with van der Waals surface area (Å²) in [5, 5.41) is 4.42. The first-order valence-electron chi connectivity index (χ1n) is 9.23. The molecule has 1 N–H and O–H groups in total. The molecule has 0 amide bonds. The third-order valence-electron chi connectivity index (χ3n) is 4.96. The van der Waals surface area contributed by atoms with Crippen LogP contribution in [0.3, 0.4) is 0 Å². The summed E-state index contributed by atoms with van der Waals surface area (Å²) in [6, 6.07) is 11.7. The Bertz CT molecular complexity index is 1040. The summed E-state index contributed by atoms with van der Waals surface area (Å²) in [6.07, 6.45) is 0.869. The number of hydrogen-bond acceptors (Lipinski definition) is 5. The number of hydrogen-bond donors (Lipinski definition) is 1. The third kappa shape index (κ3) is 3.83. The van der Waals surface area contributed by atoms with Gasteiger partial charge < -0.3 is 19.2 Å². The fourth-order valence-electron chi connectivity index (χ4n) is 3.33. The second-order valence-corrected chi connectivity index (χ2v) is 6.93. The minimum atomic E-state index is -0.311. The van der Waals surface area contributed by atoms with E-state index < -0.39 is 0 Å². The summed E-state index contributed by atoms with van der Waals surface area (Å²) in [6.45, 7) is 6.70. The third-order valence-corrected chi connectivity index (χ3v) is 4.96. The fraction of sp³-hybridized carbons (Fsp3) is 0.318. The Morgan fingerprint density at radius 1 is 0.963 bits per heavy atom. The number of aryl methyl sites for hydroxylation is 2. The topological polar surface area (TPSA) is 60.7 Å². The minimum absolute atomic E-state index is 0.311. The molecular formula is C22H23NO4. The molecule has 3 aromatic rings. The number of rotatable bonds is 5. The van der Waals surface area contributed by atoms with E-state index in [1.165, 1.54) is 11.1 Å². The highest BCUT2D eigenvalue weighted by Crippen LogP contribution is 2.30. The van der Waals surface area contributed by atoms with Crippen molar-refractivity contribution < 1.29 is 13.9 Å². The van der Waals surface area contributed by atoms with Crippen LogP contribution in [0, 0.1) is 13.8 Å². The normalized spacial score (nSPS) is 13.1. The van der Waals surface area contributed by atoms with Crippen molar-refractivity contribution in [3.63, 3.8) is 0 Å². The summed E-state index contributed by atoms with van der Waals surface area (Å²) >= 11 is 0. The van der Waals surface area contributed by atoms with Gasteiger partial charge in [0.25, 0.3) is 0 Å². The van der Waals surface area contributed by atoms with E-state index in [1.807, 2.05) is 25.1 Å². The van der Waals surface area contributed by atoms with Gasteiger partial charge in [0, 0.05) is 18.0 Å². The monoisotopic (exact) mass is 365 g/mol. The van der Waals surface area contributed by atoms with Gasteiger partial charge in [-0.25, -0.2) is 4.79 Å². The molecule has 2 heterocycles. The lowest BCUT2D eigenvalue weighted by Gasteiger charge is -2.19. The summed E-state index contributed by atoms with van der Waals surface area (Å²) in [7, 11) is 0. The Kier molecular flexibility index (Phi) is 4.86. The quantitative estimate of drug-likeness (QED) is 0.554. The molecule has 0 radical (unpaired) electrons. The maximum atomic E-state index is 11.9. The summed E-state index contributed by atoms with van der Waals surface area (Å²) in [5.41, 5.74) is 4.80. The molecule has 4 rings (SSSR count). The highest BCUT2D eigenvalue weighted by atomic mass is 16.6. The minimum Gasteiger partial charge on any atom is -0.486 e. The molecule has 1 aromatic heterocycles. The van der Waals surface area contributed by atoms with Gasteiger partial charge in [0.1, 0.15) is 18.8 Å². The van der Waals surface area contributed by atoms with Crippen molar-refractivity contribution in [2.75, 3.05) is 19.8 Å². The molecule has 0 atom stereocenters. The van der Waals surface area contributed by atoms with Crippen molar-refractivity contribution in [3.05, 3.63) is 69.1 Å². The van der Waals surface area contributed by atoms with Crippen LogP contribution in [0.2, 0.25) is 0 Å². The largest absolute Gasteiger partial charge is 0.486 e. The highest BCUT2D eigenvalue weighted by Gasteiger charge is 2.12. The molecule has 5 heteroatoms. The van der Waals surface area contributed by atoms with Crippen molar-refractivity contribution in [1.82, 2.24) is 5.32 Å². The van der Waals surface area contributed by atoms with E-state index in [0.717, 1.165) is 41.0 Å². The van der Waals surface area contributed by atoms with E-state index >= 15 is 0 Å². The lowest BCUT2D eigenvalue weighted by atomic mass is 10.0. The van der Waals surface area contributed by atoms with Crippen molar-refractivity contribution in [1.29, 1.82) is 0 Å². The molecule has 27 heavy (non-hydrogen) atoms. The van der Waals surface area contributed by atoms with Gasteiger partial charge in [-0.3, -0.25) is 0 Å². The Labute approximate surface area is 157 Å². The smallest absolute Gasteiger partial charge is 0.336 e. The number of fused-ring (bicyclic) bond motifs is 2. The zero-order valence-electron chi connectivity index (χ0n) is 15.6. The Morgan fingerprint density at radius 3 is 2.59 bits per heavy atom. The van der Waals surface area contributed by atoms with Crippen LogP contribution in [0.5, 0.6) is 11.5 Å². The van der Waals surface area contributed by atoms with E-state index in [0.29, 0.717) is 25.3 Å². The molecular weight excluding hydrogens is 342 g/mol. The van der Waals surface area contributed by atoms with Crippen molar-refractivity contribution in [3.8, 4) is 11.5 Å². The Balaban J connectivity index is 1.43. The first kappa shape index (κ1) is 17.6. The maximum Gasteiger partial charge on any atom is 0.336 e. The van der Waals surface area contributed by atoms with Gasteiger partial charge in [0.05, 0.1) is 0 Å². The number of nitrogens with one attached hydrogen (secondary N) is 1. The lowest BCUT2D eigenvalue weighted by Crippen LogP contribution is -2.18. The molecule has 1 aliphatic rings. The molecule has 2 aromatic carbocycles. The average Bonchev–Trinajstić information content (AvgIpc) is 2.66. The van der Waals surface area contributed by atoms with Crippen LogP contribution in [0.15, 0.2) is 45.6 Å². The van der Waals surface area contributed by atoms with Gasteiger partial charge in [-0.1, -0.05) is 6.07 Å². The SMILES string of the molecule is Cc1cc2oc(=O)cc(CNCCc3ccc4c(c3)OCCO4)c2cc1C.